The lowest BCUT2D eigenvalue weighted by Gasteiger charge is -2.27. The van der Waals surface area contributed by atoms with Gasteiger partial charge in [-0.1, -0.05) is 19.1 Å². The highest BCUT2D eigenvalue weighted by atomic mass is 16.5. The largest absolute Gasteiger partial charge is 0.503 e. The minimum atomic E-state index is -0.677. The van der Waals surface area contributed by atoms with Gasteiger partial charge >= 0.3 is 0 Å². The van der Waals surface area contributed by atoms with Crippen LogP contribution in [0.2, 0.25) is 0 Å². The fourth-order valence-electron chi connectivity index (χ4n) is 3.49. The Hall–Kier alpha value is -3.28. The number of Topliss-reactive ketones (excluding diaryl/α,β-unsaturated/α-hetero) is 1. The maximum atomic E-state index is 12.9. The molecule has 0 bridgehead atoms. The van der Waals surface area contributed by atoms with Gasteiger partial charge in [-0.05, 0) is 48.9 Å². The number of hydrogen-bond donors (Lipinski definition) is 1. The summed E-state index contributed by atoms with van der Waals surface area (Å²) in [6.07, 6.45) is 0.204. The van der Waals surface area contributed by atoms with E-state index in [4.69, 9.17) is 4.74 Å². The fourth-order valence-corrected chi connectivity index (χ4v) is 3.49. The molecule has 0 fully saturated rings. The Morgan fingerprint density at radius 1 is 1.07 bits per heavy atom. The molecule has 0 saturated carbocycles. The number of ketones is 1. The molecule has 2 aromatic carbocycles. The molecule has 1 aliphatic rings. The lowest BCUT2D eigenvalue weighted by molar-refractivity contribution is -0.118. The Morgan fingerprint density at radius 3 is 2.21 bits per heavy atom. The number of benzene rings is 2. The van der Waals surface area contributed by atoms with Gasteiger partial charge in [0.15, 0.2) is 11.5 Å². The average Bonchev–Trinajstić information content (AvgIpc) is 2.99. The molecule has 6 nitrogen and oxygen atoms in total. The molecule has 29 heavy (non-hydrogen) atoms. The summed E-state index contributed by atoms with van der Waals surface area (Å²) >= 11 is 0. The molecule has 0 aliphatic carbocycles. The second kappa shape index (κ2) is 8.39. The van der Waals surface area contributed by atoms with Gasteiger partial charge in [0.05, 0.1) is 18.2 Å². The van der Waals surface area contributed by atoms with Gasteiger partial charge in [-0.15, -0.1) is 0 Å². The zero-order valence-electron chi connectivity index (χ0n) is 17.2. The van der Waals surface area contributed by atoms with Crippen molar-refractivity contribution >= 4 is 23.1 Å². The molecule has 1 heterocycles. The highest BCUT2D eigenvalue weighted by Crippen LogP contribution is 2.41. The quantitative estimate of drug-likeness (QED) is 0.768. The van der Waals surface area contributed by atoms with Crippen molar-refractivity contribution in [2.45, 2.75) is 26.3 Å². The summed E-state index contributed by atoms with van der Waals surface area (Å²) in [5.74, 6) is -0.608. The Kier molecular flexibility index (Phi) is 5.92. The van der Waals surface area contributed by atoms with Crippen molar-refractivity contribution in [1.82, 2.24) is 0 Å². The van der Waals surface area contributed by atoms with Gasteiger partial charge in [0.2, 0.25) is 0 Å². The van der Waals surface area contributed by atoms with E-state index in [-0.39, 0.29) is 17.8 Å². The summed E-state index contributed by atoms with van der Waals surface area (Å²) in [7, 11) is 3.89. The van der Waals surface area contributed by atoms with Crippen LogP contribution in [-0.2, 0) is 9.59 Å². The molecular formula is C23H26N2O4. The van der Waals surface area contributed by atoms with Gasteiger partial charge in [-0.25, -0.2) is 0 Å². The molecular weight excluding hydrogens is 368 g/mol. The van der Waals surface area contributed by atoms with E-state index in [0.717, 1.165) is 11.3 Å². The van der Waals surface area contributed by atoms with Crippen LogP contribution in [0.25, 0.3) is 0 Å². The predicted octanol–water partition coefficient (Wildman–Crippen LogP) is 4.03. The third-order valence-corrected chi connectivity index (χ3v) is 4.98. The molecule has 6 heteroatoms. The second-order valence-electron chi connectivity index (χ2n) is 7.03. The SMILES string of the molecule is CCOc1ccc(N2C(=O)C(O)=C(C(=O)CC)C2c2ccc(N(C)C)cc2)cc1. The van der Waals surface area contributed by atoms with Crippen LogP contribution < -0.4 is 14.5 Å². The molecule has 1 amide bonds. The first-order chi connectivity index (χ1) is 13.9. The molecule has 1 N–H and O–H groups in total. The number of aliphatic hydroxyl groups excluding tert-OH is 1. The lowest BCUT2D eigenvalue weighted by atomic mass is 9.94. The molecule has 2 aromatic rings. The third kappa shape index (κ3) is 3.83. The summed E-state index contributed by atoms with van der Waals surface area (Å²) in [6.45, 7) is 4.16. The predicted molar refractivity (Wildman–Crippen MR) is 114 cm³/mol. The number of carbonyl (C=O) groups is 2. The number of amides is 1. The van der Waals surface area contributed by atoms with Crippen LogP contribution >= 0.6 is 0 Å². The van der Waals surface area contributed by atoms with E-state index < -0.39 is 17.7 Å². The number of aliphatic hydroxyl groups is 1. The monoisotopic (exact) mass is 394 g/mol. The van der Waals surface area contributed by atoms with Crippen molar-refractivity contribution < 1.29 is 19.4 Å². The Labute approximate surface area is 171 Å². The van der Waals surface area contributed by atoms with Crippen LogP contribution in [0.15, 0.2) is 59.9 Å². The van der Waals surface area contributed by atoms with E-state index in [1.807, 2.05) is 50.2 Å². The van der Waals surface area contributed by atoms with Gasteiger partial charge in [-0.3, -0.25) is 14.5 Å². The highest BCUT2D eigenvalue weighted by molar-refractivity contribution is 6.16. The topological polar surface area (TPSA) is 70.1 Å². The summed E-state index contributed by atoms with van der Waals surface area (Å²) in [5.41, 5.74) is 2.50. The lowest BCUT2D eigenvalue weighted by Crippen LogP contribution is -2.31. The van der Waals surface area contributed by atoms with E-state index in [9.17, 15) is 14.7 Å². The van der Waals surface area contributed by atoms with Crippen molar-refractivity contribution in [1.29, 1.82) is 0 Å². The number of nitrogens with zero attached hydrogens (tertiary/aromatic N) is 2. The molecule has 0 aromatic heterocycles. The molecule has 1 aliphatic heterocycles. The molecule has 0 spiro atoms. The first-order valence-electron chi connectivity index (χ1n) is 9.69. The minimum absolute atomic E-state index is 0.143. The van der Waals surface area contributed by atoms with Crippen LogP contribution in [-0.4, -0.2) is 37.5 Å². The first kappa shape index (κ1) is 20.5. The van der Waals surface area contributed by atoms with Crippen molar-refractivity contribution in [3.63, 3.8) is 0 Å². The molecule has 1 unspecified atom stereocenters. The van der Waals surface area contributed by atoms with Crippen molar-refractivity contribution in [2.24, 2.45) is 0 Å². The van der Waals surface area contributed by atoms with E-state index in [1.165, 1.54) is 4.90 Å². The van der Waals surface area contributed by atoms with Crippen LogP contribution in [0.3, 0.4) is 0 Å². The summed E-state index contributed by atoms with van der Waals surface area (Å²) in [5, 5.41) is 10.5. The maximum Gasteiger partial charge on any atom is 0.294 e. The number of anilines is 2. The van der Waals surface area contributed by atoms with E-state index in [2.05, 4.69) is 0 Å². The Bertz CT molecular complexity index is 930. The average molecular weight is 394 g/mol. The van der Waals surface area contributed by atoms with Gasteiger partial charge in [-0.2, -0.15) is 0 Å². The summed E-state index contributed by atoms with van der Waals surface area (Å²) in [6, 6.07) is 14.0. The normalized spacial score (nSPS) is 16.3. The summed E-state index contributed by atoms with van der Waals surface area (Å²) in [4.78, 5) is 29.0. The minimum Gasteiger partial charge on any atom is -0.503 e. The third-order valence-electron chi connectivity index (χ3n) is 4.98. The molecule has 1 atom stereocenters. The van der Waals surface area contributed by atoms with Crippen LogP contribution in [0.5, 0.6) is 5.75 Å². The fraction of sp³-hybridized carbons (Fsp3) is 0.304. The number of rotatable bonds is 7. The van der Waals surface area contributed by atoms with Crippen LogP contribution in [0.4, 0.5) is 11.4 Å². The van der Waals surface area contributed by atoms with E-state index >= 15 is 0 Å². The van der Waals surface area contributed by atoms with E-state index in [1.54, 1.807) is 31.2 Å². The molecule has 152 valence electrons. The van der Waals surface area contributed by atoms with Crippen molar-refractivity contribution in [3.05, 3.63) is 65.4 Å². The van der Waals surface area contributed by atoms with Gasteiger partial charge < -0.3 is 14.7 Å². The number of ether oxygens (including phenoxy) is 1. The van der Waals surface area contributed by atoms with Gasteiger partial charge in [0.1, 0.15) is 5.75 Å². The molecule has 3 rings (SSSR count). The maximum absolute atomic E-state index is 12.9. The zero-order chi connectivity index (χ0) is 21.1. The Balaban J connectivity index is 2.08. The number of hydrogen-bond acceptors (Lipinski definition) is 5. The van der Waals surface area contributed by atoms with Crippen molar-refractivity contribution in [3.8, 4) is 5.75 Å². The number of carbonyl (C=O) groups excluding carboxylic acids is 2. The van der Waals surface area contributed by atoms with Gasteiger partial charge in [0.25, 0.3) is 5.91 Å². The van der Waals surface area contributed by atoms with Crippen LogP contribution in [0.1, 0.15) is 31.9 Å². The second-order valence-corrected chi connectivity index (χ2v) is 7.03. The summed E-state index contributed by atoms with van der Waals surface area (Å²) < 4.78 is 5.47. The van der Waals surface area contributed by atoms with Gasteiger partial charge in [0, 0.05) is 31.9 Å². The standard InChI is InChI=1S/C23H26N2O4/c1-5-19(26)20-21(15-7-9-16(10-8-15)24(3)4)25(23(28)22(20)27)17-11-13-18(14-12-17)29-6-2/h7-14,21,27H,5-6H2,1-4H3. The Morgan fingerprint density at radius 2 is 1.69 bits per heavy atom. The molecule has 0 saturated heterocycles. The van der Waals surface area contributed by atoms with Crippen LogP contribution in [0, 0.1) is 0 Å². The zero-order valence-corrected chi connectivity index (χ0v) is 17.2. The smallest absolute Gasteiger partial charge is 0.294 e. The molecule has 0 radical (unpaired) electrons. The van der Waals surface area contributed by atoms with E-state index in [0.29, 0.717) is 18.0 Å². The van der Waals surface area contributed by atoms with Crippen molar-refractivity contribution in [2.75, 3.05) is 30.5 Å². The highest BCUT2D eigenvalue weighted by Gasteiger charge is 2.43. The first-order valence-corrected chi connectivity index (χ1v) is 9.69.